The van der Waals surface area contributed by atoms with Crippen LogP contribution in [0.15, 0.2) is 18.2 Å². The van der Waals surface area contributed by atoms with Crippen molar-refractivity contribution in [3.8, 4) is 17.8 Å². The van der Waals surface area contributed by atoms with Crippen LogP contribution in [-0.4, -0.2) is 44.3 Å². The van der Waals surface area contributed by atoms with Crippen molar-refractivity contribution in [1.82, 2.24) is 9.97 Å². The van der Waals surface area contributed by atoms with E-state index in [0.717, 1.165) is 16.8 Å². The SMILES string of the molecule is COc1nc(OC)c(/C=C2\C(=O)N(C)c3ccc(C)cc32)c(OC)n1. The number of hydrogen-bond donors (Lipinski definition) is 0. The van der Waals surface area contributed by atoms with Crippen molar-refractivity contribution in [3.05, 3.63) is 34.9 Å². The van der Waals surface area contributed by atoms with Gasteiger partial charge in [0.05, 0.1) is 38.2 Å². The average molecular weight is 341 g/mol. The second-order valence-electron chi connectivity index (χ2n) is 5.59. The van der Waals surface area contributed by atoms with Gasteiger partial charge in [0.15, 0.2) is 0 Å². The van der Waals surface area contributed by atoms with E-state index >= 15 is 0 Å². The van der Waals surface area contributed by atoms with Gasteiger partial charge in [0.1, 0.15) is 0 Å². The van der Waals surface area contributed by atoms with Crippen molar-refractivity contribution >= 4 is 23.2 Å². The fraction of sp³-hybridized carbons (Fsp3) is 0.278. The molecule has 2 aromatic rings. The Bertz CT molecular complexity index is 852. The van der Waals surface area contributed by atoms with Crippen LogP contribution in [-0.2, 0) is 4.79 Å². The van der Waals surface area contributed by atoms with E-state index in [0.29, 0.717) is 11.1 Å². The lowest BCUT2D eigenvalue weighted by Crippen LogP contribution is -2.20. The summed E-state index contributed by atoms with van der Waals surface area (Å²) in [6, 6.07) is 6.01. The molecule has 7 nitrogen and oxygen atoms in total. The molecule has 1 aliphatic heterocycles. The third-order valence-electron chi connectivity index (χ3n) is 4.05. The predicted molar refractivity (Wildman–Crippen MR) is 94.1 cm³/mol. The molecule has 0 saturated heterocycles. The molecule has 1 aromatic carbocycles. The molecule has 0 atom stereocenters. The highest BCUT2D eigenvalue weighted by Gasteiger charge is 2.30. The quantitative estimate of drug-likeness (QED) is 0.795. The third kappa shape index (κ3) is 2.77. The zero-order chi connectivity index (χ0) is 18.1. The molecule has 1 aliphatic rings. The number of likely N-dealkylation sites (N-methyl/N-ethyl adjacent to an activating group) is 1. The van der Waals surface area contributed by atoms with E-state index in [1.54, 1.807) is 18.0 Å². The van der Waals surface area contributed by atoms with Gasteiger partial charge in [-0.05, 0) is 25.1 Å². The molecule has 0 spiro atoms. The Morgan fingerprint density at radius 2 is 1.68 bits per heavy atom. The number of methoxy groups -OCH3 is 3. The number of carbonyl (C=O) groups excluding carboxylic acids is 1. The molecule has 2 heterocycles. The summed E-state index contributed by atoms with van der Waals surface area (Å²) in [6.07, 6.45) is 1.70. The van der Waals surface area contributed by atoms with Crippen molar-refractivity contribution in [3.63, 3.8) is 0 Å². The minimum absolute atomic E-state index is 0.111. The van der Waals surface area contributed by atoms with Crippen molar-refractivity contribution in [2.75, 3.05) is 33.3 Å². The molecule has 25 heavy (non-hydrogen) atoms. The molecular weight excluding hydrogens is 322 g/mol. The van der Waals surface area contributed by atoms with Gasteiger partial charge in [-0.3, -0.25) is 4.79 Å². The normalized spacial score (nSPS) is 14.7. The molecule has 3 rings (SSSR count). The number of anilines is 1. The summed E-state index contributed by atoms with van der Waals surface area (Å²) in [5, 5.41) is 0. The highest BCUT2D eigenvalue weighted by atomic mass is 16.5. The maximum atomic E-state index is 12.7. The van der Waals surface area contributed by atoms with Gasteiger partial charge in [0, 0.05) is 12.6 Å². The number of ether oxygens (including phenoxy) is 3. The van der Waals surface area contributed by atoms with Crippen LogP contribution in [0.5, 0.6) is 17.8 Å². The summed E-state index contributed by atoms with van der Waals surface area (Å²) in [5.41, 5.74) is 3.79. The van der Waals surface area contributed by atoms with Crippen molar-refractivity contribution < 1.29 is 19.0 Å². The van der Waals surface area contributed by atoms with Crippen LogP contribution in [0.2, 0.25) is 0 Å². The molecular formula is C18H19N3O4. The monoisotopic (exact) mass is 341 g/mol. The molecule has 0 saturated carbocycles. The van der Waals surface area contributed by atoms with E-state index in [1.807, 2.05) is 25.1 Å². The van der Waals surface area contributed by atoms with Gasteiger partial charge >= 0.3 is 6.01 Å². The Labute approximate surface area is 145 Å². The van der Waals surface area contributed by atoms with Crippen molar-refractivity contribution in [2.24, 2.45) is 0 Å². The number of benzene rings is 1. The molecule has 7 heteroatoms. The number of aromatic nitrogens is 2. The summed E-state index contributed by atoms with van der Waals surface area (Å²) >= 11 is 0. The fourth-order valence-electron chi connectivity index (χ4n) is 2.78. The molecule has 0 N–H and O–H groups in total. The van der Waals surface area contributed by atoms with Gasteiger partial charge < -0.3 is 19.1 Å². The molecule has 0 fully saturated rings. The molecule has 0 unspecified atom stereocenters. The maximum absolute atomic E-state index is 12.7. The van der Waals surface area contributed by atoms with Crippen LogP contribution in [0, 0.1) is 6.92 Å². The highest BCUT2D eigenvalue weighted by molar-refractivity contribution is 6.35. The number of rotatable bonds is 4. The Morgan fingerprint density at radius 3 is 2.24 bits per heavy atom. The lowest BCUT2D eigenvalue weighted by atomic mass is 10.0. The molecule has 1 aromatic heterocycles. The van der Waals surface area contributed by atoms with E-state index in [2.05, 4.69) is 9.97 Å². The van der Waals surface area contributed by atoms with Crippen molar-refractivity contribution in [1.29, 1.82) is 0 Å². The zero-order valence-electron chi connectivity index (χ0n) is 14.8. The first kappa shape index (κ1) is 16.8. The van der Waals surface area contributed by atoms with Crippen LogP contribution in [0.3, 0.4) is 0 Å². The lowest BCUT2D eigenvalue weighted by molar-refractivity contribution is -0.112. The van der Waals surface area contributed by atoms with E-state index in [-0.39, 0.29) is 23.7 Å². The predicted octanol–water partition coefficient (Wildman–Crippen LogP) is 2.33. The average Bonchev–Trinajstić information content (AvgIpc) is 2.85. The van der Waals surface area contributed by atoms with Gasteiger partial charge in [0.2, 0.25) is 11.8 Å². The summed E-state index contributed by atoms with van der Waals surface area (Å²) < 4.78 is 15.7. The van der Waals surface area contributed by atoms with Crippen LogP contribution < -0.4 is 19.1 Å². The van der Waals surface area contributed by atoms with Gasteiger partial charge in [-0.25, -0.2) is 0 Å². The standard InChI is InChI=1S/C18H19N3O4/c1-10-6-7-14-11(8-10)12(17(22)21(14)2)9-13-15(23-3)19-18(25-5)20-16(13)24-4/h6-9H,1-5H3/b12-9-. The number of hydrogen-bond acceptors (Lipinski definition) is 6. The van der Waals surface area contributed by atoms with Crippen molar-refractivity contribution in [2.45, 2.75) is 6.92 Å². The fourth-order valence-corrected chi connectivity index (χ4v) is 2.78. The maximum Gasteiger partial charge on any atom is 0.322 e. The Hall–Kier alpha value is -3.09. The minimum Gasteiger partial charge on any atom is -0.480 e. The lowest BCUT2D eigenvalue weighted by Gasteiger charge is -2.11. The minimum atomic E-state index is -0.111. The van der Waals surface area contributed by atoms with Gasteiger partial charge in [0.25, 0.3) is 5.91 Å². The van der Waals surface area contributed by atoms with E-state index in [9.17, 15) is 4.79 Å². The second kappa shape index (κ2) is 6.43. The number of nitrogens with zero attached hydrogens (tertiary/aromatic N) is 3. The van der Waals surface area contributed by atoms with Crippen LogP contribution in [0.1, 0.15) is 16.7 Å². The number of amides is 1. The molecule has 1 amide bonds. The van der Waals surface area contributed by atoms with Gasteiger partial charge in [-0.2, -0.15) is 9.97 Å². The molecule has 0 bridgehead atoms. The van der Waals surface area contributed by atoms with E-state index < -0.39 is 0 Å². The second-order valence-corrected chi connectivity index (χ2v) is 5.59. The first-order valence-corrected chi connectivity index (χ1v) is 7.65. The Morgan fingerprint density at radius 1 is 1.04 bits per heavy atom. The number of carbonyl (C=O) groups is 1. The molecule has 0 aliphatic carbocycles. The highest BCUT2D eigenvalue weighted by Crippen LogP contribution is 2.39. The van der Waals surface area contributed by atoms with E-state index in [1.165, 1.54) is 21.3 Å². The van der Waals surface area contributed by atoms with Crippen LogP contribution >= 0.6 is 0 Å². The van der Waals surface area contributed by atoms with E-state index in [4.69, 9.17) is 14.2 Å². The number of fused-ring (bicyclic) bond motifs is 1. The summed E-state index contributed by atoms with van der Waals surface area (Å²) in [4.78, 5) is 22.7. The zero-order valence-corrected chi connectivity index (χ0v) is 14.8. The summed E-state index contributed by atoms with van der Waals surface area (Å²) in [7, 11) is 6.19. The molecule has 0 radical (unpaired) electrons. The van der Waals surface area contributed by atoms with Gasteiger partial charge in [-0.1, -0.05) is 11.6 Å². The Kier molecular flexibility index (Phi) is 4.31. The largest absolute Gasteiger partial charge is 0.480 e. The molecule has 130 valence electrons. The third-order valence-corrected chi connectivity index (χ3v) is 4.05. The summed E-state index contributed by atoms with van der Waals surface area (Å²) in [6.45, 7) is 1.98. The van der Waals surface area contributed by atoms with Crippen LogP contribution in [0.4, 0.5) is 5.69 Å². The topological polar surface area (TPSA) is 73.8 Å². The Balaban J connectivity index is 2.22. The summed E-state index contributed by atoms with van der Waals surface area (Å²) in [5.74, 6) is 0.432. The first-order valence-electron chi connectivity index (χ1n) is 7.65. The van der Waals surface area contributed by atoms with Gasteiger partial charge in [-0.15, -0.1) is 0 Å². The number of aryl methyl sites for hydroxylation is 1. The smallest absolute Gasteiger partial charge is 0.322 e. The van der Waals surface area contributed by atoms with Crippen LogP contribution in [0.25, 0.3) is 11.6 Å². The first-order chi connectivity index (χ1) is 12.0.